The fourth-order valence-corrected chi connectivity index (χ4v) is 1.43. The SMILES string of the molecule is CC(C)CC(CO)Nc1ncccc1F. The Morgan fingerprint density at radius 2 is 2.27 bits per heavy atom. The van der Waals surface area contributed by atoms with Crippen molar-refractivity contribution in [1.29, 1.82) is 0 Å². The third-order valence-electron chi connectivity index (χ3n) is 2.08. The van der Waals surface area contributed by atoms with Crippen molar-refractivity contribution in [1.82, 2.24) is 4.98 Å². The zero-order valence-corrected chi connectivity index (χ0v) is 9.07. The largest absolute Gasteiger partial charge is 0.394 e. The minimum absolute atomic E-state index is 0.0196. The van der Waals surface area contributed by atoms with Gasteiger partial charge < -0.3 is 10.4 Å². The molecule has 3 nitrogen and oxygen atoms in total. The minimum atomic E-state index is -0.389. The van der Waals surface area contributed by atoms with E-state index in [-0.39, 0.29) is 24.3 Å². The summed E-state index contributed by atoms with van der Waals surface area (Å²) < 4.78 is 13.2. The maximum absolute atomic E-state index is 13.2. The van der Waals surface area contributed by atoms with Gasteiger partial charge in [-0.1, -0.05) is 13.8 Å². The molecule has 0 saturated carbocycles. The molecule has 1 unspecified atom stereocenters. The first-order chi connectivity index (χ1) is 7.13. The van der Waals surface area contributed by atoms with E-state index in [1.165, 1.54) is 18.3 Å². The number of aliphatic hydroxyl groups is 1. The van der Waals surface area contributed by atoms with Crippen LogP contribution in [0.4, 0.5) is 10.2 Å². The van der Waals surface area contributed by atoms with Gasteiger partial charge in [-0.25, -0.2) is 9.37 Å². The van der Waals surface area contributed by atoms with E-state index in [1.807, 2.05) is 0 Å². The standard InChI is InChI=1S/C11H17FN2O/c1-8(2)6-9(7-15)14-11-10(12)4-3-5-13-11/h3-5,8-9,15H,6-7H2,1-2H3,(H,13,14). The summed E-state index contributed by atoms with van der Waals surface area (Å²) in [6.07, 6.45) is 2.31. The van der Waals surface area contributed by atoms with Gasteiger partial charge in [-0.3, -0.25) is 0 Å². The Morgan fingerprint density at radius 1 is 1.53 bits per heavy atom. The lowest BCUT2D eigenvalue weighted by molar-refractivity contribution is 0.259. The third-order valence-corrected chi connectivity index (χ3v) is 2.08. The molecule has 1 rings (SSSR count). The molecule has 0 radical (unpaired) electrons. The van der Waals surface area contributed by atoms with Crippen LogP contribution < -0.4 is 5.32 Å². The van der Waals surface area contributed by atoms with Crippen LogP contribution >= 0.6 is 0 Å². The monoisotopic (exact) mass is 212 g/mol. The molecule has 84 valence electrons. The van der Waals surface area contributed by atoms with E-state index in [1.54, 1.807) is 0 Å². The van der Waals surface area contributed by atoms with E-state index in [4.69, 9.17) is 5.11 Å². The summed E-state index contributed by atoms with van der Waals surface area (Å²) in [6.45, 7) is 4.09. The van der Waals surface area contributed by atoms with Gasteiger partial charge in [-0.05, 0) is 24.5 Å². The van der Waals surface area contributed by atoms with Crippen LogP contribution in [-0.4, -0.2) is 22.7 Å². The molecular formula is C11H17FN2O. The van der Waals surface area contributed by atoms with Crippen LogP contribution in [-0.2, 0) is 0 Å². The van der Waals surface area contributed by atoms with Crippen LogP contribution in [0.1, 0.15) is 20.3 Å². The van der Waals surface area contributed by atoms with Gasteiger partial charge >= 0.3 is 0 Å². The minimum Gasteiger partial charge on any atom is -0.394 e. The zero-order valence-electron chi connectivity index (χ0n) is 9.07. The molecule has 4 heteroatoms. The third kappa shape index (κ3) is 3.83. The summed E-state index contributed by atoms with van der Waals surface area (Å²) in [5, 5.41) is 12.0. The Bertz CT molecular complexity index is 304. The summed E-state index contributed by atoms with van der Waals surface area (Å²) >= 11 is 0. The van der Waals surface area contributed by atoms with Crippen molar-refractivity contribution in [3.8, 4) is 0 Å². The fourth-order valence-electron chi connectivity index (χ4n) is 1.43. The molecule has 1 aromatic rings. The maximum Gasteiger partial charge on any atom is 0.165 e. The Balaban J connectivity index is 2.62. The lowest BCUT2D eigenvalue weighted by Crippen LogP contribution is -2.26. The second-order valence-corrected chi connectivity index (χ2v) is 3.99. The van der Waals surface area contributed by atoms with E-state index >= 15 is 0 Å². The van der Waals surface area contributed by atoms with Crippen molar-refractivity contribution in [3.63, 3.8) is 0 Å². The smallest absolute Gasteiger partial charge is 0.165 e. The van der Waals surface area contributed by atoms with Crippen molar-refractivity contribution >= 4 is 5.82 Å². The van der Waals surface area contributed by atoms with E-state index in [9.17, 15) is 4.39 Å². The molecule has 0 aliphatic heterocycles. The number of pyridine rings is 1. The molecule has 1 atom stereocenters. The molecule has 0 amide bonds. The van der Waals surface area contributed by atoms with Gasteiger partial charge in [0.15, 0.2) is 11.6 Å². The van der Waals surface area contributed by atoms with Gasteiger partial charge in [0.25, 0.3) is 0 Å². The van der Waals surface area contributed by atoms with E-state index in [2.05, 4.69) is 24.1 Å². The number of nitrogens with zero attached hydrogens (tertiary/aromatic N) is 1. The van der Waals surface area contributed by atoms with Crippen LogP contribution in [0.25, 0.3) is 0 Å². The number of nitrogens with one attached hydrogen (secondary N) is 1. The van der Waals surface area contributed by atoms with E-state index < -0.39 is 0 Å². The van der Waals surface area contributed by atoms with E-state index in [0.29, 0.717) is 5.92 Å². The van der Waals surface area contributed by atoms with Gasteiger partial charge in [-0.2, -0.15) is 0 Å². The first-order valence-corrected chi connectivity index (χ1v) is 5.11. The summed E-state index contributed by atoms with van der Waals surface area (Å²) in [4.78, 5) is 3.88. The van der Waals surface area contributed by atoms with Gasteiger partial charge in [0.05, 0.1) is 12.6 Å². The van der Waals surface area contributed by atoms with Crippen LogP contribution in [0, 0.1) is 11.7 Å². The molecular weight excluding hydrogens is 195 g/mol. The molecule has 15 heavy (non-hydrogen) atoms. The van der Waals surface area contributed by atoms with Crippen LogP contribution in [0.3, 0.4) is 0 Å². The highest BCUT2D eigenvalue weighted by atomic mass is 19.1. The van der Waals surface area contributed by atoms with Gasteiger partial charge in [0.2, 0.25) is 0 Å². The number of halogens is 1. The van der Waals surface area contributed by atoms with Crippen molar-refractivity contribution < 1.29 is 9.50 Å². The van der Waals surface area contributed by atoms with Crippen molar-refractivity contribution in [3.05, 3.63) is 24.1 Å². The second-order valence-electron chi connectivity index (χ2n) is 3.99. The molecule has 0 saturated heterocycles. The summed E-state index contributed by atoms with van der Waals surface area (Å²) in [6, 6.07) is 2.74. The number of aromatic nitrogens is 1. The Morgan fingerprint density at radius 3 is 2.80 bits per heavy atom. The molecule has 0 bridgehead atoms. The highest BCUT2D eigenvalue weighted by Crippen LogP contribution is 2.13. The lowest BCUT2D eigenvalue weighted by atomic mass is 10.0. The topological polar surface area (TPSA) is 45.1 Å². The average molecular weight is 212 g/mol. The first kappa shape index (κ1) is 11.9. The second kappa shape index (κ2) is 5.66. The molecule has 2 N–H and O–H groups in total. The van der Waals surface area contributed by atoms with E-state index in [0.717, 1.165) is 6.42 Å². The molecule has 0 aromatic carbocycles. The quantitative estimate of drug-likeness (QED) is 0.785. The van der Waals surface area contributed by atoms with Crippen LogP contribution in [0.15, 0.2) is 18.3 Å². The molecule has 0 aliphatic rings. The first-order valence-electron chi connectivity index (χ1n) is 5.11. The molecule has 1 heterocycles. The fraction of sp³-hybridized carbons (Fsp3) is 0.545. The van der Waals surface area contributed by atoms with Crippen molar-refractivity contribution in [2.24, 2.45) is 5.92 Å². The van der Waals surface area contributed by atoms with Crippen LogP contribution in [0.5, 0.6) is 0 Å². The molecule has 0 aliphatic carbocycles. The number of hydrogen-bond acceptors (Lipinski definition) is 3. The lowest BCUT2D eigenvalue weighted by Gasteiger charge is -2.18. The highest BCUT2D eigenvalue weighted by Gasteiger charge is 2.12. The Labute approximate surface area is 89.4 Å². The average Bonchev–Trinajstić information content (AvgIpc) is 2.19. The Hall–Kier alpha value is -1.16. The summed E-state index contributed by atoms with van der Waals surface area (Å²) in [5.41, 5.74) is 0. The molecule has 1 aromatic heterocycles. The van der Waals surface area contributed by atoms with Crippen molar-refractivity contribution in [2.45, 2.75) is 26.3 Å². The predicted octanol–water partition coefficient (Wildman–Crippen LogP) is 2.04. The number of aliphatic hydroxyl groups excluding tert-OH is 1. The Kier molecular flexibility index (Phi) is 4.49. The van der Waals surface area contributed by atoms with Gasteiger partial charge in [0, 0.05) is 6.20 Å². The summed E-state index contributed by atoms with van der Waals surface area (Å²) in [7, 11) is 0. The van der Waals surface area contributed by atoms with Gasteiger partial charge in [-0.15, -0.1) is 0 Å². The normalized spacial score (nSPS) is 12.9. The number of anilines is 1. The number of rotatable bonds is 5. The molecule has 0 spiro atoms. The maximum atomic E-state index is 13.2. The molecule has 0 fully saturated rings. The summed E-state index contributed by atoms with van der Waals surface area (Å²) in [5.74, 6) is 0.262. The zero-order chi connectivity index (χ0) is 11.3. The van der Waals surface area contributed by atoms with Crippen molar-refractivity contribution in [2.75, 3.05) is 11.9 Å². The highest BCUT2D eigenvalue weighted by molar-refractivity contribution is 5.36. The number of hydrogen-bond donors (Lipinski definition) is 2. The predicted molar refractivity (Wildman–Crippen MR) is 58.1 cm³/mol. The van der Waals surface area contributed by atoms with Crippen LogP contribution in [0.2, 0.25) is 0 Å². The van der Waals surface area contributed by atoms with Gasteiger partial charge in [0.1, 0.15) is 0 Å².